The minimum absolute atomic E-state index is 0.103. The Labute approximate surface area is 190 Å². The first-order chi connectivity index (χ1) is 14.6. The second-order valence-corrected chi connectivity index (χ2v) is 11.8. The highest BCUT2D eigenvalue weighted by atomic mass is 16.5. The van der Waals surface area contributed by atoms with Crippen molar-refractivity contribution in [2.24, 2.45) is 28.6 Å². The summed E-state index contributed by atoms with van der Waals surface area (Å²) in [5.41, 5.74) is 7.29. The normalized spacial score (nSPS) is 40.8. The first-order valence-electron chi connectivity index (χ1n) is 12.8. The van der Waals surface area contributed by atoms with Gasteiger partial charge in [0.1, 0.15) is 6.10 Å². The molecule has 3 fully saturated rings. The summed E-state index contributed by atoms with van der Waals surface area (Å²) in [5, 5.41) is 0. The fourth-order valence-electron chi connectivity index (χ4n) is 8.20. The van der Waals surface area contributed by atoms with Crippen LogP contribution in [-0.2, 0) is 9.53 Å². The summed E-state index contributed by atoms with van der Waals surface area (Å²) in [4.78, 5) is 11.5. The van der Waals surface area contributed by atoms with Gasteiger partial charge >= 0.3 is 5.97 Å². The highest BCUT2D eigenvalue weighted by Gasteiger charge is 2.57. The third-order valence-electron chi connectivity index (χ3n) is 9.76. The van der Waals surface area contributed by atoms with Crippen LogP contribution in [0.15, 0.2) is 34.4 Å². The molecule has 4 aliphatic rings. The minimum atomic E-state index is -0.124. The van der Waals surface area contributed by atoms with Crippen molar-refractivity contribution in [2.75, 3.05) is 0 Å². The lowest BCUT2D eigenvalue weighted by Crippen LogP contribution is -2.49. The van der Waals surface area contributed by atoms with Crippen LogP contribution in [0.2, 0.25) is 0 Å². The third-order valence-corrected chi connectivity index (χ3v) is 9.76. The number of allylic oxidation sites excluding steroid dienone is 5. The van der Waals surface area contributed by atoms with Gasteiger partial charge in [-0.05, 0) is 107 Å². The molecule has 0 amide bonds. The van der Waals surface area contributed by atoms with Crippen molar-refractivity contribution in [2.45, 2.75) is 112 Å². The molecule has 0 N–H and O–H groups in total. The predicted molar refractivity (Wildman–Crippen MR) is 129 cm³/mol. The number of carbonyl (C=O) groups excluding carboxylic acids is 1. The number of ether oxygens (including phenoxy) is 1. The molecule has 3 saturated carbocycles. The van der Waals surface area contributed by atoms with E-state index in [4.69, 9.17) is 4.74 Å². The molecule has 0 bridgehead atoms. The maximum atomic E-state index is 11.5. The second kappa shape index (κ2) is 8.56. The molecule has 2 heteroatoms. The average Bonchev–Trinajstić information content (AvgIpc) is 3.05. The first kappa shape index (κ1) is 22.9. The molecule has 0 aromatic heterocycles. The Hall–Kier alpha value is -1.31. The van der Waals surface area contributed by atoms with Crippen LogP contribution in [0.4, 0.5) is 0 Å². The van der Waals surface area contributed by atoms with Gasteiger partial charge in [0.15, 0.2) is 0 Å². The highest BCUT2D eigenvalue weighted by Crippen LogP contribution is 2.66. The summed E-state index contributed by atoms with van der Waals surface area (Å²) < 4.78 is 5.60. The SMILES string of the molecule is CC(=O)O[C@H]1CC[C@@]2(C)C(=CC[C@@H]3[C@@H]2CC[C@]2(C)/C(=C(/C)CCC=C(C)C)CC[C@@H]32)C1. The number of hydrogen-bond acceptors (Lipinski definition) is 2. The zero-order valence-corrected chi connectivity index (χ0v) is 20.9. The van der Waals surface area contributed by atoms with Crippen LogP contribution in [0.3, 0.4) is 0 Å². The number of carbonyl (C=O) groups is 1. The van der Waals surface area contributed by atoms with Crippen LogP contribution in [0, 0.1) is 28.6 Å². The van der Waals surface area contributed by atoms with E-state index in [0.29, 0.717) is 10.8 Å². The molecule has 0 aromatic rings. The minimum Gasteiger partial charge on any atom is -0.462 e. The Bertz CT molecular complexity index is 811. The molecule has 172 valence electrons. The van der Waals surface area contributed by atoms with E-state index >= 15 is 0 Å². The topological polar surface area (TPSA) is 26.3 Å². The van der Waals surface area contributed by atoms with Crippen LogP contribution >= 0.6 is 0 Å². The van der Waals surface area contributed by atoms with Crippen LogP contribution in [0.5, 0.6) is 0 Å². The number of rotatable bonds is 4. The standard InChI is InChI=1S/C29H44O2/c1-19(2)8-7-9-20(3)25-12-13-26-24-11-10-22-18-23(31-21(4)30)14-16-28(22,5)27(24)15-17-29(25,26)6/h8,10,23-24,26-27H,7,9,11-18H2,1-6H3/b25-20-/t23-,24-,26-,27-,28-,29+/m0/s1. The molecule has 6 atom stereocenters. The average molecular weight is 425 g/mol. The molecular formula is C29H44O2. The van der Waals surface area contributed by atoms with E-state index in [0.717, 1.165) is 30.6 Å². The van der Waals surface area contributed by atoms with Gasteiger partial charge in [0.25, 0.3) is 0 Å². The summed E-state index contributed by atoms with van der Waals surface area (Å²) in [6.45, 7) is 13.5. The van der Waals surface area contributed by atoms with Gasteiger partial charge in [0.2, 0.25) is 0 Å². The molecule has 0 aliphatic heterocycles. The number of esters is 1. The van der Waals surface area contributed by atoms with Gasteiger partial charge in [-0.2, -0.15) is 0 Å². The third kappa shape index (κ3) is 4.09. The van der Waals surface area contributed by atoms with Crippen molar-refractivity contribution in [1.82, 2.24) is 0 Å². The second-order valence-electron chi connectivity index (χ2n) is 11.8. The summed E-state index contributed by atoms with van der Waals surface area (Å²) in [6.07, 6.45) is 17.4. The smallest absolute Gasteiger partial charge is 0.302 e. The largest absolute Gasteiger partial charge is 0.462 e. The molecule has 0 spiro atoms. The summed E-state index contributed by atoms with van der Waals surface area (Å²) >= 11 is 0. The Morgan fingerprint density at radius 2 is 1.77 bits per heavy atom. The quantitative estimate of drug-likeness (QED) is 0.338. The van der Waals surface area contributed by atoms with E-state index in [1.807, 2.05) is 5.57 Å². The van der Waals surface area contributed by atoms with E-state index in [1.54, 1.807) is 18.1 Å². The summed E-state index contributed by atoms with van der Waals surface area (Å²) in [7, 11) is 0. The van der Waals surface area contributed by atoms with E-state index in [2.05, 4.69) is 46.8 Å². The Kier molecular flexibility index (Phi) is 6.32. The Morgan fingerprint density at radius 3 is 2.48 bits per heavy atom. The molecular weight excluding hydrogens is 380 g/mol. The van der Waals surface area contributed by atoms with E-state index in [-0.39, 0.29) is 12.1 Å². The predicted octanol–water partition coefficient (Wildman–Crippen LogP) is 7.94. The fourth-order valence-corrected chi connectivity index (χ4v) is 8.20. The van der Waals surface area contributed by atoms with Crippen molar-refractivity contribution in [3.63, 3.8) is 0 Å². The van der Waals surface area contributed by atoms with Gasteiger partial charge < -0.3 is 4.74 Å². The van der Waals surface area contributed by atoms with Gasteiger partial charge in [-0.1, -0.05) is 48.3 Å². The molecule has 4 aliphatic carbocycles. The number of hydrogen-bond donors (Lipinski definition) is 0. The molecule has 0 saturated heterocycles. The molecule has 4 rings (SSSR count). The van der Waals surface area contributed by atoms with Crippen molar-refractivity contribution >= 4 is 5.97 Å². The van der Waals surface area contributed by atoms with Crippen molar-refractivity contribution < 1.29 is 9.53 Å². The van der Waals surface area contributed by atoms with E-state index < -0.39 is 0 Å². The van der Waals surface area contributed by atoms with Crippen LogP contribution in [0.1, 0.15) is 106 Å². The maximum absolute atomic E-state index is 11.5. The summed E-state index contributed by atoms with van der Waals surface area (Å²) in [5.74, 6) is 2.37. The van der Waals surface area contributed by atoms with Gasteiger partial charge in [0, 0.05) is 13.3 Å². The van der Waals surface area contributed by atoms with Gasteiger partial charge in [-0.3, -0.25) is 4.79 Å². The number of fused-ring (bicyclic) bond motifs is 5. The lowest BCUT2D eigenvalue weighted by molar-refractivity contribution is -0.148. The lowest BCUT2D eigenvalue weighted by atomic mass is 9.47. The molecule has 31 heavy (non-hydrogen) atoms. The zero-order chi connectivity index (χ0) is 22.4. The van der Waals surface area contributed by atoms with Crippen molar-refractivity contribution in [3.8, 4) is 0 Å². The van der Waals surface area contributed by atoms with Crippen LogP contribution in [-0.4, -0.2) is 12.1 Å². The van der Waals surface area contributed by atoms with Crippen molar-refractivity contribution in [3.05, 3.63) is 34.4 Å². The van der Waals surface area contributed by atoms with E-state index in [9.17, 15) is 4.79 Å². The Morgan fingerprint density at radius 1 is 1.06 bits per heavy atom. The molecule has 2 nitrogen and oxygen atoms in total. The van der Waals surface area contributed by atoms with Crippen molar-refractivity contribution in [1.29, 1.82) is 0 Å². The zero-order valence-electron chi connectivity index (χ0n) is 20.9. The van der Waals surface area contributed by atoms with Crippen LogP contribution < -0.4 is 0 Å². The van der Waals surface area contributed by atoms with Gasteiger partial charge in [0.05, 0.1) is 0 Å². The maximum Gasteiger partial charge on any atom is 0.302 e. The summed E-state index contributed by atoms with van der Waals surface area (Å²) in [6, 6.07) is 0. The monoisotopic (exact) mass is 424 g/mol. The van der Waals surface area contributed by atoms with E-state index in [1.165, 1.54) is 56.9 Å². The molecule has 0 radical (unpaired) electrons. The van der Waals surface area contributed by atoms with Gasteiger partial charge in [-0.25, -0.2) is 0 Å². The molecule has 0 heterocycles. The lowest BCUT2D eigenvalue weighted by Gasteiger charge is -2.57. The Balaban J connectivity index is 1.54. The fraction of sp³-hybridized carbons (Fsp3) is 0.759. The first-order valence-corrected chi connectivity index (χ1v) is 12.8. The molecule has 0 aromatic carbocycles. The van der Waals surface area contributed by atoms with Gasteiger partial charge in [-0.15, -0.1) is 0 Å². The highest BCUT2D eigenvalue weighted by molar-refractivity contribution is 5.66. The molecule has 0 unspecified atom stereocenters. The van der Waals surface area contributed by atoms with Crippen LogP contribution in [0.25, 0.3) is 0 Å².